The summed E-state index contributed by atoms with van der Waals surface area (Å²) in [6.07, 6.45) is 0. The summed E-state index contributed by atoms with van der Waals surface area (Å²) < 4.78 is 1.80. The lowest BCUT2D eigenvalue weighted by molar-refractivity contribution is -0.115. The summed E-state index contributed by atoms with van der Waals surface area (Å²) in [6, 6.07) is 15.3. The SMILES string of the molecule is Cc1ccc(-n2nc(C)c3c2NC(=O)C(C)SC3c2cccc(O)c2)cc1. The Bertz CT molecular complexity index is 1010. The Morgan fingerprint density at radius 1 is 1.15 bits per heavy atom. The molecule has 3 aromatic rings. The molecule has 2 N–H and O–H groups in total. The quantitative estimate of drug-likeness (QED) is 0.694. The zero-order valence-corrected chi connectivity index (χ0v) is 16.2. The van der Waals surface area contributed by atoms with Crippen molar-refractivity contribution in [3.8, 4) is 11.4 Å². The van der Waals surface area contributed by atoms with Gasteiger partial charge in [0.2, 0.25) is 5.91 Å². The van der Waals surface area contributed by atoms with Gasteiger partial charge in [0.05, 0.1) is 21.9 Å². The van der Waals surface area contributed by atoms with E-state index in [1.54, 1.807) is 28.6 Å². The Labute approximate surface area is 162 Å². The van der Waals surface area contributed by atoms with Crippen molar-refractivity contribution in [1.29, 1.82) is 0 Å². The molecular weight excluding hydrogens is 358 g/mol. The van der Waals surface area contributed by atoms with Gasteiger partial charge in [-0.25, -0.2) is 4.68 Å². The number of amides is 1. The van der Waals surface area contributed by atoms with E-state index in [2.05, 4.69) is 5.32 Å². The third-order valence-corrected chi connectivity index (χ3v) is 6.17. The van der Waals surface area contributed by atoms with E-state index in [4.69, 9.17) is 5.10 Å². The van der Waals surface area contributed by atoms with Gasteiger partial charge in [0.1, 0.15) is 11.6 Å². The maximum atomic E-state index is 12.6. The highest BCUT2D eigenvalue weighted by atomic mass is 32.2. The van der Waals surface area contributed by atoms with Crippen LogP contribution in [0.5, 0.6) is 5.75 Å². The van der Waals surface area contributed by atoms with E-state index in [0.717, 1.165) is 22.5 Å². The molecule has 2 unspecified atom stereocenters. The van der Waals surface area contributed by atoms with Crippen LogP contribution in [-0.4, -0.2) is 26.0 Å². The van der Waals surface area contributed by atoms with Crippen LogP contribution in [0.4, 0.5) is 5.82 Å². The lowest BCUT2D eigenvalue weighted by atomic mass is 10.0. The molecule has 1 amide bonds. The van der Waals surface area contributed by atoms with Crippen LogP contribution in [0.25, 0.3) is 5.69 Å². The van der Waals surface area contributed by atoms with Crippen molar-refractivity contribution in [3.63, 3.8) is 0 Å². The molecule has 1 aliphatic heterocycles. The number of anilines is 1. The number of thioether (sulfide) groups is 1. The fourth-order valence-electron chi connectivity index (χ4n) is 3.33. The largest absolute Gasteiger partial charge is 0.508 e. The van der Waals surface area contributed by atoms with Crippen LogP contribution >= 0.6 is 11.8 Å². The number of nitrogens with one attached hydrogen (secondary N) is 1. The second-order valence-electron chi connectivity index (χ2n) is 6.84. The number of benzene rings is 2. The van der Waals surface area contributed by atoms with Crippen molar-refractivity contribution in [2.45, 2.75) is 31.3 Å². The zero-order valence-electron chi connectivity index (χ0n) is 15.4. The van der Waals surface area contributed by atoms with Crippen molar-refractivity contribution >= 4 is 23.5 Å². The molecular formula is C21H21N3O2S. The zero-order chi connectivity index (χ0) is 19.1. The van der Waals surface area contributed by atoms with E-state index in [1.165, 1.54) is 5.56 Å². The fraction of sp³-hybridized carbons (Fsp3) is 0.238. The van der Waals surface area contributed by atoms with Crippen LogP contribution in [0.3, 0.4) is 0 Å². The summed E-state index contributed by atoms with van der Waals surface area (Å²) >= 11 is 1.57. The molecule has 0 fully saturated rings. The van der Waals surface area contributed by atoms with Gasteiger partial charge in [-0.3, -0.25) is 4.79 Å². The highest BCUT2D eigenvalue weighted by molar-refractivity contribution is 8.01. The van der Waals surface area contributed by atoms with E-state index in [-0.39, 0.29) is 22.2 Å². The van der Waals surface area contributed by atoms with E-state index in [0.29, 0.717) is 5.82 Å². The first kappa shape index (κ1) is 17.7. The molecule has 1 aliphatic rings. The Morgan fingerprint density at radius 2 is 1.89 bits per heavy atom. The Balaban J connectivity index is 1.91. The van der Waals surface area contributed by atoms with Crippen LogP contribution in [0.15, 0.2) is 48.5 Å². The third kappa shape index (κ3) is 3.21. The molecule has 0 radical (unpaired) electrons. The van der Waals surface area contributed by atoms with Gasteiger partial charge in [-0.2, -0.15) is 5.10 Å². The number of hydrogen-bond acceptors (Lipinski definition) is 4. The predicted octanol–water partition coefficient (Wildman–Crippen LogP) is 4.36. The van der Waals surface area contributed by atoms with Crippen LogP contribution in [0.2, 0.25) is 0 Å². The summed E-state index contributed by atoms with van der Waals surface area (Å²) in [7, 11) is 0. The molecule has 138 valence electrons. The molecule has 2 atom stereocenters. The smallest absolute Gasteiger partial charge is 0.238 e. The van der Waals surface area contributed by atoms with Gasteiger partial charge in [-0.05, 0) is 50.6 Å². The lowest BCUT2D eigenvalue weighted by Gasteiger charge is -2.17. The lowest BCUT2D eigenvalue weighted by Crippen LogP contribution is -2.22. The predicted molar refractivity (Wildman–Crippen MR) is 109 cm³/mol. The van der Waals surface area contributed by atoms with Gasteiger partial charge in [-0.15, -0.1) is 11.8 Å². The van der Waals surface area contributed by atoms with Crippen LogP contribution in [0, 0.1) is 13.8 Å². The first-order chi connectivity index (χ1) is 12.9. The Hall–Kier alpha value is -2.73. The van der Waals surface area contributed by atoms with Crippen LogP contribution in [-0.2, 0) is 4.79 Å². The highest BCUT2D eigenvalue weighted by Gasteiger charge is 2.34. The normalized spacial score (nSPS) is 19.3. The van der Waals surface area contributed by atoms with Crippen molar-refractivity contribution in [3.05, 3.63) is 70.9 Å². The maximum Gasteiger partial charge on any atom is 0.238 e. The summed E-state index contributed by atoms with van der Waals surface area (Å²) in [6.45, 7) is 5.90. The second-order valence-corrected chi connectivity index (χ2v) is 8.29. The molecule has 0 saturated heterocycles. The standard InChI is InChI=1S/C21H21N3O2S/c1-12-7-9-16(10-8-12)24-20-18(13(2)23-24)19(27-14(3)21(26)22-20)15-5-4-6-17(25)11-15/h4-11,14,19,25H,1-3H3,(H,22,26). The van der Waals surface area contributed by atoms with E-state index >= 15 is 0 Å². The van der Waals surface area contributed by atoms with Gasteiger partial charge in [0, 0.05) is 5.56 Å². The van der Waals surface area contributed by atoms with E-state index in [9.17, 15) is 9.90 Å². The number of nitrogens with zero attached hydrogens (tertiary/aromatic N) is 2. The van der Waals surface area contributed by atoms with Gasteiger partial charge < -0.3 is 10.4 Å². The molecule has 1 aromatic heterocycles. The number of hydrogen-bond donors (Lipinski definition) is 2. The van der Waals surface area contributed by atoms with Crippen LogP contribution < -0.4 is 5.32 Å². The third-order valence-electron chi connectivity index (χ3n) is 4.77. The Morgan fingerprint density at radius 3 is 2.59 bits per heavy atom. The molecule has 5 nitrogen and oxygen atoms in total. The summed E-state index contributed by atoms with van der Waals surface area (Å²) in [5, 5.41) is 17.4. The minimum absolute atomic E-state index is 0.0443. The molecule has 0 saturated carbocycles. The van der Waals surface area contributed by atoms with Crippen molar-refractivity contribution < 1.29 is 9.90 Å². The molecule has 2 heterocycles. The van der Waals surface area contributed by atoms with Crippen LogP contribution in [0.1, 0.15) is 34.6 Å². The number of rotatable bonds is 2. The highest BCUT2D eigenvalue weighted by Crippen LogP contribution is 2.46. The fourth-order valence-corrected chi connectivity index (χ4v) is 4.64. The molecule has 2 aromatic carbocycles. The summed E-state index contributed by atoms with van der Waals surface area (Å²) in [5.41, 5.74) is 4.86. The number of carbonyl (C=O) groups excluding carboxylic acids is 1. The maximum absolute atomic E-state index is 12.6. The molecule has 0 aliphatic carbocycles. The number of carbonyl (C=O) groups is 1. The number of aromatic hydroxyl groups is 1. The van der Waals surface area contributed by atoms with Gasteiger partial charge in [0.25, 0.3) is 0 Å². The number of phenols is 1. The topological polar surface area (TPSA) is 67.2 Å². The summed E-state index contributed by atoms with van der Waals surface area (Å²) in [4.78, 5) is 12.6. The second kappa shape index (κ2) is 6.78. The minimum Gasteiger partial charge on any atom is -0.508 e. The Kier molecular flexibility index (Phi) is 4.44. The number of phenolic OH excluding ortho intramolecular Hbond substituents is 1. The molecule has 0 spiro atoms. The summed E-state index contributed by atoms with van der Waals surface area (Å²) in [5.74, 6) is 0.873. The van der Waals surface area contributed by atoms with Crippen molar-refractivity contribution in [2.75, 3.05) is 5.32 Å². The minimum atomic E-state index is -0.226. The van der Waals surface area contributed by atoms with E-state index < -0.39 is 0 Å². The average Bonchev–Trinajstić information content (AvgIpc) is 2.88. The first-order valence-corrected chi connectivity index (χ1v) is 9.80. The molecule has 6 heteroatoms. The van der Waals surface area contributed by atoms with Gasteiger partial charge in [0.15, 0.2) is 0 Å². The van der Waals surface area contributed by atoms with Gasteiger partial charge >= 0.3 is 0 Å². The van der Waals surface area contributed by atoms with E-state index in [1.807, 2.05) is 57.2 Å². The average molecular weight is 379 g/mol. The molecule has 27 heavy (non-hydrogen) atoms. The van der Waals surface area contributed by atoms with Gasteiger partial charge in [-0.1, -0.05) is 29.8 Å². The monoisotopic (exact) mass is 379 g/mol. The first-order valence-electron chi connectivity index (χ1n) is 8.86. The van der Waals surface area contributed by atoms with Crippen molar-refractivity contribution in [2.24, 2.45) is 0 Å². The molecule has 0 bridgehead atoms. The number of aromatic nitrogens is 2. The number of fused-ring (bicyclic) bond motifs is 1. The number of aryl methyl sites for hydroxylation is 2. The molecule has 4 rings (SSSR count). The van der Waals surface area contributed by atoms with Crippen molar-refractivity contribution in [1.82, 2.24) is 9.78 Å².